The quantitative estimate of drug-likeness (QED) is 0.450. The summed E-state index contributed by atoms with van der Waals surface area (Å²) in [6.45, 7) is 5.39. The zero-order valence-corrected chi connectivity index (χ0v) is 20.9. The van der Waals surface area contributed by atoms with Crippen LogP contribution < -0.4 is 10.1 Å². The summed E-state index contributed by atoms with van der Waals surface area (Å²) in [6.07, 6.45) is 3.76. The van der Waals surface area contributed by atoms with E-state index in [0.29, 0.717) is 60.7 Å². The summed E-state index contributed by atoms with van der Waals surface area (Å²) in [7, 11) is 1.60. The third-order valence-corrected chi connectivity index (χ3v) is 6.50. The fraction of sp³-hybridized carbons (Fsp3) is 0.423. The van der Waals surface area contributed by atoms with Crippen LogP contribution in [0.3, 0.4) is 0 Å². The van der Waals surface area contributed by atoms with Crippen molar-refractivity contribution in [2.75, 3.05) is 40.0 Å². The van der Waals surface area contributed by atoms with Crippen molar-refractivity contribution in [3.05, 3.63) is 58.7 Å². The topological polar surface area (TPSA) is 85.7 Å². The Bertz CT molecular complexity index is 1170. The Hall–Kier alpha value is -3.10. The highest BCUT2D eigenvalue weighted by atomic mass is 35.5. The molecule has 3 aromatic rings. The molecule has 1 N–H and O–H groups in total. The third-order valence-electron chi connectivity index (χ3n) is 6.25. The molecule has 186 valence electrons. The molecule has 1 aromatic heterocycles. The smallest absolute Gasteiger partial charge is 0.255 e. The second-order valence-electron chi connectivity index (χ2n) is 8.65. The summed E-state index contributed by atoms with van der Waals surface area (Å²) in [5, 5.41) is 9.03. The Morgan fingerprint density at radius 1 is 1.14 bits per heavy atom. The van der Waals surface area contributed by atoms with Gasteiger partial charge in [0.05, 0.1) is 29.7 Å². The molecule has 0 spiro atoms. The fourth-order valence-corrected chi connectivity index (χ4v) is 4.54. The van der Waals surface area contributed by atoms with Gasteiger partial charge < -0.3 is 19.7 Å². The Morgan fingerprint density at radius 2 is 1.89 bits per heavy atom. The first-order chi connectivity index (χ1) is 17.0. The first-order valence-corrected chi connectivity index (χ1v) is 12.3. The number of nitrogens with zero attached hydrogens (tertiary/aromatic N) is 3. The maximum atomic E-state index is 12.8. The minimum absolute atomic E-state index is 0.0441. The van der Waals surface area contributed by atoms with Crippen molar-refractivity contribution in [3.63, 3.8) is 0 Å². The molecule has 0 saturated carbocycles. The lowest BCUT2D eigenvalue weighted by atomic mass is 9.96. The second-order valence-corrected chi connectivity index (χ2v) is 9.09. The predicted molar refractivity (Wildman–Crippen MR) is 135 cm³/mol. The normalized spacial score (nSPS) is 14.3. The van der Waals surface area contributed by atoms with Gasteiger partial charge in [0.2, 0.25) is 0 Å². The molecule has 0 aliphatic carbocycles. The summed E-state index contributed by atoms with van der Waals surface area (Å²) >= 11 is 5.94. The van der Waals surface area contributed by atoms with Gasteiger partial charge in [0.1, 0.15) is 5.75 Å². The van der Waals surface area contributed by atoms with Crippen molar-refractivity contribution in [2.24, 2.45) is 5.92 Å². The van der Waals surface area contributed by atoms with Crippen LogP contribution in [0.5, 0.6) is 5.75 Å². The minimum atomic E-state index is -0.196. The third kappa shape index (κ3) is 5.94. The van der Waals surface area contributed by atoms with Crippen molar-refractivity contribution < 1.29 is 19.1 Å². The van der Waals surface area contributed by atoms with Crippen LogP contribution in [0, 0.1) is 5.92 Å². The van der Waals surface area contributed by atoms with Crippen LogP contribution in [0.2, 0.25) is 5.02 Å². The van der Waals surface area contributed by atoms with Crippen molar-refractivity contribution >= 4 is 34.3 Å². The number of benzene rings is 2. The van der Waals surface area contributed by atoms with Gasteiger partial charge in [-0.05, 0) is 62.1 Å². The van der Waals surface area contributed by atoms with Crippen molar-refractivity contribution in [3.8, 4) is 5.75 Å². The van der Waals surface area contributed by atoms with Crippen LogP contribution >= 0.6 is 11.6 Å². The zero-order chi connectivity index (χ0) is 24.8. The van der Waals surface area contributed by atoms with E-state index in [0.717, 1.165) is 30.3 Å². The number of hydrogen-bond acceptors (Lipinski definition) is 5. The maximum Gasteiger partial charge on any atom is 0.255 e. The van der Waals surface area contributed by atoms with Gasteiger partial charge in [-0.15, -0.1) is 0 Å². The molecule has 1 aliphatic rings. The number of ether oxygens (including phenoxy) is 2. The van der Waals surface area contributed by atoms with Crippen LogP contribution in [-0.2, 0) is 11.3 Å². The number of nitrogens with one attached hydrogen (secondary N) is 1. The van der Waals surface area contributed by atoms with Gasteiger partial charge in [-0.25, -0.2) is 0 Å². The molecule has 2 amide bonds. The molecule has 4 rings (SSSR count). The molecular weight excluding hydrogens is 468 g/mol. The summed E-state index contributed by atoms with van der Waals surface area (Å²) in [6, 6.07) is 10.6. The molecular formula is C26H31ClN4O4. The number of hydrogen-bond donors (Lipinski definition) is 1. The lowest BCUT2D eigenvalue weighted by molar-refractivity contribution is 0.0681. The summed E-state index contributed by atoms with van der Waals surface area (Å²) in [5.41, 5.74) is 1.94. The van der Waals surface area contributed by atoms with E-state index in [1.807, 2.05) is 28.8 Å². The van der Waals surface area contributed by atoms with E-state index in [1.54, 1.807) is 37.4 Å². The van der Waals surface area contributed by atoms with E-state index < -0.39 is 0 Å². The predicted octanol–water partition coefficient (Wildman–Crippen LogP) is 4.02. The van der Waals surface area contributed by atoms with E-state index in [-0.39, 0.29) is 11.8 Å². The lowest BCUT2D eigenvalue weighted by Crippen LogP contribution is -2.39. The number of rotatable bonds is 9. The Morgan fingerprint density at radius 3 is 2.57 bits per heavy atom. The van der Waals surface area contributed by atoms with E-state index in [9.17, 15) is 9.59 Å². The fourth-order valence-electron chi connectivity index (χ4n) is 4.41. The Labute approximate surface area is 210 Å². The summed E-state index contributed by atoms with van der Waals surface area (Å²) in [5.74, 6) is 0.806. The highest BCUT2D eigenvalue weighted by Gasteiger charge is 2.25. The SMILES string of the molecule is CCOc1c(C(=O)NCCOC)ccc2nn(CC3CCN(C(=O)c4ccc(Cl)cc4)CC3)cc12. The highest BCUT2D eigenvalue weighted by molar-refractivity contribution is 6.30. The second kappa shape index (κ2) is 11.6. The number of carbonyl (C=O) groups is 2. The van der Waals surface area contributed by atoms with Crippen LogP contribution in [-0.4, -0.2) is 66.5 Å². The first kappa shape index (κ1) is 25.0. The zero-order valence-electron chi connectivity index (χ0n) is 20.1. The van der Waals surface area contributed by atoms with Crippen molar-refractivity contribution in [2.45, 2.75) is 26.3 Å². The number of piperidine rings is 1. The van der Waals surface area contributed by atoms with E-state index >= 15 is 0 Å². The molecule has 0 bridgehead atoms. The van der Waals surface area contributed by atoms with Gasteiger partial charge in [-0.2, -0.15) is 5.10 Å². The van der Waals surface area contributed by atoms with E-state index in [2.05, 4.69) is 5.32 Å². The van der Waals surface area contributed by atoms with Gasteiger partial charge in [0.25, 0.3) is 11.8 Å². The molecule has 1 aliphatic heterocycles. The number of carbonyl (C=O) groups excluding carboxylic acids is 2. The number of amides is 2. The number of fused-ring (bicyclic) bond motifs is 1. The van der Waals surface area contributed by atoms with Gasteiger partial charge in [-0.3, -0.25) is 14.3 Å². The van der Waals surface area contributed by atoms with Gasteiger partial charge in [-0.1, -0.05) is 11.6 Å². The first-order valence-electron chi connectivity index (χ1n) is 11.9. The van der Waals surface area contributed by atoms with Gasteiger partial charge in [0.15, 0.2) is 0 Å². The molecule has 35 heavy (non-hydrogen) atoms. The summed E-state index contributed by atoms with van der Waals surface area (Å²) < 4.78 is 12.8. The van der Waals surface area contributed by atoms with Crippen LogP contribution in [0.15, 0.2) is 42.6 Å². The molecule has 0 radical (unpaired) electrons. The average Bonchev–Trinajstić information content (AvgIpc) is 3.28. The molecule has 2 aromatic carbocycles. The molecule has 0 atom stereocenters. The molecule has 9 heteroatoms. The molecule has 8 nitrogen and oxygen atoms in total. The lowest BCUT2D eigenvalue weighted by Gasteiger charge is -2.32. The van der Waals surface area contributed by atoms with Gasteiger partial charge >= 0.3 is 0 Å². The van der Waals surface area contributed by atoms with E-state index in [4.69, 9.17) is 26.2 Å². The van der Waals surface area contributed by atoms with Crippen molar-refractivity contribution in [1.29, 1.82) is 0 Å². The van der Waals surface area contributed by atoms with E-state index in [1.165, 1.54) is 0 Å². The summed E-state index contributed by atoms with van der Waals surface area (Å²) in [4.78, 5) is 27.4. The molecule has 0 unspecified atom stereocenters. The largest absolute Gasteiger partial charge is 0.492 e. The molecule has 1 saturated heterocycles. The van der Waals surface area contributed by atoms with Gasteiger partial charge in [0, 0.05) is 50.1 Å². The molecule has 1 fully saturated rings. The Balaban J connectivity index is 1.42. The molecule has 2 heterocycles. The van der Waals surface area contributed by atoms with Crippen LogP contribution in [0.25, 0.3) is 10.9 Å². The number of methoxy groups -OCH3 is 1. The Kier molecular flexibility index (Phi) is 8.25. The number of likely N-dealkylation sites (tertiary alicyclic amines) is 1. The highest BCUT2D eigenvalue weighted by Crippen LogP contribution is 2.30. The van der Waals surface area contributed by atoms with Crippen molar-refractivity contribution in [1.82, 2.24) is 20.0 Å². The number of aromatic nitrogens is 2. The average molecular weight is 499 g/mol. The monoisotopic (exact) mass is 498 g/mol. The minimum Gasteiger partial charge on any atom is -0.492 e. The standard InChI is InChI=1S/C26H31ClN4O4/c1-3-35-24-21(25(32)28-12-15-34-2)8-9-23-22(24)17-31(29-23)16-18-10-13-30(14-11-18)26(33)19-4-6-20(27)7-5-19/h4-9,17-18H,3,10-16H2,1-2H3,(H,28,32). The maximum absolute atomic E-state index is 12.8. The number of halogens is 1. The van der Waals surface area contributed by atoms with Crippen LogP contribution in [0.1, 0.15) is 40.5 Å². The van der Waals surface area contributed by atoms with Crippen LogP contribution in [0.4, 0.5) is 0 Å².